The second kappa shape index (κ2) is 4.95. The van der Waals surface area contributed by atoms with Crippen LogP contribution in [0.2, 0.25) is 0 Å². The van der Waals surface area contributed by atoms with Crippen LogP contribution in [0, 0.1) is 5.41 Å². The molecule has 1 aliphatic heterocycles. The predicted molar refractivity (Wildman–Crippen MR) is 77.1 cm³/mol. The number of fused-ring (bicyclic) bond motifs is 1. The average molecular weight is 261 g/mol. The third kappa shape index (κ3) is 2.65. The van der Waals surface area contributed by atoms with Crippen molar-refractivity contribution < 1.29 is 9.47 Å². The molecule has 1 heterocycles. The van der Waals surface area contributed by atoms with Crippen molar-refractivity contribution in [3.05, 3.63) is 18.2 Å². The molecule has 1 aliphatic carbocycles. The lowest BCUT2D eigenvalue weighted by atomic mass is 9.87. The molecule has 3 rings (SSSR count). The largest absolute Gasteiger partial charge is 0.490 e. The van der Waals surface area contributed by atoms with Gasteiger partial charge in [-0.1, -0.05) is 20.3 Å². The van der Waals surface area contributed by atoms with E-state index in [9.17, 15) is 0 Å². The highest BCUT2D eigenvalue weighted by Crippen LogP contribution is 2.40. The van der Waals surface area contributed by atoms with E-state index in [-0.39, 0.29) is 0 Å². The van der Waals surface area contributed by atoms with Gasteiger partial charge in [-0.3, -0.25) is 0 Å². The Morgan fingerprint density at radius 2 is 1.89 bits per heavy atom. The van der Waals surface area contributed by atoms with Crippen molar-refractivity contribution in [1.82, 2.24) is 0 Å². The van der Waals surface area contributed by atoms with E-state index in [0.717, 1.165) is 36.8 Å². The summed E-state index contributed by atoms with van der Waals surface area (Å²) in [5, 5.41) is 3.67. The van der Waals surface area contributed by atoms with Crippen LogP contribution in [0.25, 0.3) is 0 Å². The van der Waals surface area contributed by atoms with E-state index in [1.54, 1.807) is 0 Å². The molecule has 3 nitrogen and oxygen atoms in total. The van der Waals surface area contributed by atoms with E-state index in [4.69, 9.17) is 9.47 Å². The van der Waals surface area contributed by atoms with Gasteiger partial charge < -0.3 is 14.8 Å². The summed E-state index contributed by atoms with van der Waals surface area (Å²) in [6.07, 6.45) is 4.82. The van der Waals surface area contributed by atoms with E-state index in [0.29, 0.717) is 11.5 Å². The summed E-state index contributed by atoms with van der Waals surface area (Å²) in [4.78, 5) is 0. The monoisotopic (exact) mass is 261 g/mol. The molecule has 0 bridgehead atoms. The minimum atomic E-state index is 0.379. The molecule has 19 heavy (non-hydrogen) atoms. The van der Waals surface area contributed by atoms with Crippen molar-refractivity contribution >= 4 is 5.69 Å². The van der Waals surface area contributed by atoms with Crippen LogP contribution in [-0.4, -0.2) is 19.3 Å². The van der Waals surface area contributed by atoms with Crippen LogP contribution >= 0.6 is 0 Å². The minimum absolute atomic E-state index is 0.379. The van der Waals surface area contributed by atoms with Gasteiger partial charge in [-0.2, -0.15) is 0 Å². The Bertz CT molecular complexity index is 456. The summed E-state index contributed by atoms with van der Waals surface area (Å²) >= 11 is 0. The highest BCUT2D eigenvalue weighted by molar-refractivity contribution is 5.55. The molecular formula is C16H23NO2. The zero-order valence-corrected chi connectivity index (χ0v) is 11.9. The highest BCUT2D eigenvalue weighted by atomic mass is 16.5. The Hall–Kier alpha value is -1.38. The number of rotatable bonds is 2. The fourth-order valence-electron chi connectivity index (χ4n) is 3.05. The van der Waals surface area contributed by atoms with Crippen LogP contribution in [-0.2, 0) is 0 Å². The fourth-order valence-corrected chi connectivity index (χ4v) is 3.05. The maximum atomic E-state index is 5.74. The summed E-state index contributed by atoms with van der Waals surface area (Å²) in [6.45, 7) is 6.18. The van der Waals surface area contributed by atoms with Crippen LogP contribution in [0.4, 0.5) is 5.69 Å². The zero-order chi connectivity index (χ0) is 13.3. The van der Waals surface area contributed by atoms with Gasteiger partial charge in [-0.25, -0.2) is 0 Å². The first-order chi connectivity index (χ1) is 9.15. The first kappa shape index (κ1) is 12.6. The molecule has 0 aromatic heterocycles. The lowest BCUT2D eigenvalue weighted by Gasteiger charge is -2.29. The van der Waals surface area contributed by atoms with Gasteiger partial charge in [0, 0.05) is 24.2 Å². The molecule has 1 aromatic carbocycles. The van der Waals surface area contributed by atoms with Gasteiger partial charge in [0.25, 0.3) is 0 Å². The third-order valence-electron chi connectivity index (χ3n) is 4.35. The molecule has 1 N–H and O–H groups in total. The second-order valence-electron chi connectivity index (χ2n) is 6.29. The predicted octanol–water partition coefficient (Wildman–Crippen LogP) is 3.84. The van der Waals surface area contributed by atoms with Crippen molar-refractivity contribution in [3.63, 3.8) is 0 Å². The first-order valence-electron chi connectivity index (χ1n) is 7.31. The van der Waals surface area contributed by atoms with E-state index in [2.05, 4.69) is 31.3 Å². The quantitative estimate of drug-likeness (QED) is 0.877. The summed E-state index contributed by atoms with van der Waals surface area (Å²) in [7, 11) is 0. The van der Waals surface area contributed by atoms with Crippen molar-refractivity contribution in [1.29, 1.82) is 0 Å². The summed E-state index contributed by atoms with van der Waals surface area (Å²) in [6, 6.07) is 6.75. The molecule has 1 aromatic rings. The fraction of sp³-hybridized carbons (Fsp3) is 0.625. The van der Waals surface area contributed by atoms with Gasteiger partial charge >= 0.3 is 0 Å². The number of ether oxygens (including phenoxy) is 2. The standard InChI is InChI=1S/C16H23NO2/c1-16(2)8-3-5-15(16)17-12-6-7-13-14(11-12)19-10-4-9-18-13/h6-7,11,15,17H,3-5,8-10H2,1-2H3. The molecule has 1 atom stereocenters. The van der Waals surface area contributed by atoms with Crippen LogP contribution < -0.4 is 14.8 Å². The number of benzene rings is 1. The van der Waals surface area contributed by atoms with Crippen molar-refractivity contribution in [2.24, 2.45) is 5.41 Å². The molecule has 104 valence electrons. The van der Waals surface area contributed by atoms with Crippen molar-refractivity contribution in [3.8, 4) is 11.5 Å². The Morgan fingerprint density at radius 1 is 1.11 bits per heavy atom. The minimum Gasteiger partial charge on any atom is -0.490 e. The molecule has 2 aliphatic rings. The van der Waals surface area contributed by atoms with E-state index in [1.165, 1.54) is 19.3 Å². The van der Waals surface area contributed by atoms with Crippen LogP contribution in [0.1, 0.15) is 39.5 Å². The number of nitrogens with one attached hydrogen (secondary N) is 1. The summed E-state index contributed by atoms with van der Waals surface area (Å²) < 4.78 is 11.4. The Morgan fingerprint density at radius 3 is 2.63 bits per heavy atom. The maximum Gasteiger partial charge on any atom is 0.163 e. The second-order valence-corrected chi connectivity index (χ2v) is 6.29. The number of hydrogen-bond donors (Lipinski definition) is 1. The van der Waals surface area contributed by atoms with Gasteiger partial charge in [0.15, 0.2) is 11.5 Å². The van der Waals surface area contributed by atoms with Crippen LogP contribution in [0.3, 0.4) is 0 Å². The van der Waals surface area contributed by atoms with Crippen molar-refractivity contribution in [2.75, 3.05) is 18.5 Å². The Kier molecular flexibility index (Phi) is 3.29. The topological polar surface area (TPSA) is 30.5 Å². The van der Waals surface area contributed by atoms with E-state index in [1.807, 2.05) is 6.07 Å². The maximum absolute atomic E-state index is 5.74. The molecular weight excluding hydrogens is 238 g/mol. The Labute approximate surface area is 115 Å². The molecule has 0 amide bonds. The molecule has 0 saturated heterocycles. The van der Waals surface area contributed by atoms with Gasteiger partial charge in [0.1, 0.15) is 0 Å². The van der Waals surface area contributed by atoms with Gasteiger partial charge in [-0.15, -0.1) is 0 Å². The lowest BCUT2D eigenvalue weighted by molar-refractivity contribution is 0.297. The Balaban J connectivity index is 1.77. The SMILES string of the molecule is CC1(C)CCCC1Nc1ccc2c(c1)OCCCO2. The lowest BCUT2D eigenvalue weighted by Crippen LogP contribution is -2.30. The average Bonchev–Trinajstić information content (AvgIpc) is 2.61. The summed E-state index contributed by atoms with van der Waals surface area (Å²) in [5.74, 6) is 1.74. The van der Waals surface area contributed by atoms with Crippen molar-refractivity contribution in [2.45, 2.75) is 45.6 Å². The van der Waals surface area contributed by atoms with E-state index >= 15 is 0 Å². The van der Waals surface area contributed by atoms with Gasteiger partial charge in [-0.05, 0) is 30.4 Å². The molecule has 0 radical (unpaired) electrons. The molecule has 0 spiro atoms. The molecule has 1 fully saturated rings. The number of anilines is 1. The zero-order valence-electron chi connectivity index (χ0n) is 11.9. The van der Waals surface area contributed by atoms with Crippen LogP contribution in [0.5, 0.6) is 11.5 Å². The normalized spacial score (nSPS) is 24.8. The highest BCUT2D eigenvalue weighted by Gasteiger charge is 2.34. The first-order valence-corrected chi connectivity index (χ1v) is 7.31. The third-order valence-corrected chi connectivity index (χ3v) is 4.35. The van der Waals surface area contributed by atoms with Gasteiger partial charge in [0.05, 0.1) is 13.2 Å². The number of hydrogen-bond acceptors (Lipinski definition) is 3. The molecule has 3 heteroatoms. The van der Waals surface area contributed by atoms with Crippen LogP contribution in [0.15, 0.2) is 18.2 Å². The molecule has 1 saturated carbocycles. The molecule has 1 unspecified atom stereocenters. The smallest absolute Gasteiger partial charge is 0.163 e. The van der Waals surface area contributed by atoms with Gasteiger partial charge in [0.2, 0.25) is 0 Å². The van der Waals surface area contributed by atoms with E-state index < -0.39 is 0 Å². The summed E-state index contributed by atoms with van der Waals surface area (Å²) in [5.41, 5.74) is 1.52.